The van der Waals surface area contributed by atoms with Crippen molar-refractivity contribution in [2.75, 3.05) is 12.4 Å². The SMILES string of the molecule is Cc1c([C@H]2[C@H](Nc3ncc(F)cn3)CC(=O)N2C)cnn1C. The van der Waals surface area contributed by atoms with E-state index < -0.39 is 5.82 Å². The van der Waals surface area contributed by atoms with Crippen molar-refractivity contribution in [1.29, 1.82) is 0 Å². The van der Waals surface area contributed by atoms with Crippen LogP contribution < -0.4 is 5.32 Å². The molecule has 1 aliphatic rings. The number of halogens is 1. The topological polar surface area (TPSA) is 75.9 Å². The standard InChI is InChI=1S/C14H17FN6O/c1-8-10(7-18-21(8)3)13-11(4-12(22)20(13)2)19-14-16-5-9(15)6-17-14/h5-7,11,13H,4H2,1-3H3,(H,16,17,19)/t11-,13+/m1/s1. The van der Waals surface area contributed by atoms with Crippen molar-refractivity contribution < 1.29 is 9.18 Å². The average Bonchev–Trinajstić information content (AvgIpc) is 2.95. The maximum Gasteiger partial charge on any atom is 0.225 e. The predicted octanol–water partition coefficient (Wildman–Crippen LogP) is 1.04. The van der Waals surface area contributed by atoms with Crippen molar-refractivity contribution in [1.82, 2.24) is 24.6 Å². The van der Waals surface area contributed by atoms with Gasteiger partial charge in [0.05, 0.1) is 30.7 Å². The van der Waals surface area contributed by atoms with Crippen LogP contribution in [0.3, 0.4) is 0 Å². The number of carbonyl (C=O) groups is 1. The summed E-state index contributed by atoms with van der Waals surface area (Å²) in [6.45, 7) is 1.96. The van der Waals surface area contributed by atoms with Gasteiger partial charge in [-0.3, -0.25) is 9.48 Å². The van der Waals surface area contributed by atoms with Crippen LogP contribution in [-0.4, -0.2) is 43.6 Å². The molecule has 0 bridgehead atoms. The number of aryl methyl sites for hydroxylation is 1. The molecule has 3 rings (SSSR count). The van der Waals surface area contributed by atoms with Crippen molar-refractivity contribution in [2.24, 2.45) is 7.05 Å². The molecular formula is C14H17FN6O. The van der Waals surface area contributed by atoms with Crippen molar-refractivity contribution in [3.8, 4) is 0 Å². The van der Waals surface area contributed by atoms with Gasteiger partial charge in [-0.05, 0) is 6.92 Å². The molecule has 7 nitrogen and oxygen atoms in total. The molecule has 1 amide bonds. The highest BCUT2D eigenvalue weighted by molar-refractivity contribution is 5.80. The lowest BCUT2D eigenvalue weighted by atomic mass is 10.0. The summed E-state index contributed by atoms with van der Waals surface area (Å²) in [7, 11) is 3.63. The molecule has 1 saturated heterocycles. The lowest BCUT2D eigenvalue weighted by Crippen LogP contribution is -2.30. The first kappa shape index (κ1) is 14.4. The van der Waals surface area contributed by atoms with Crippen molar-refractivity contribution in [3.05, 3.63) is 35.7 Å². The second-order valence-electron chi connectivity index (χ2n) is 5.44. The molecule has 8 heteroatoms. The zero-order chi connectivity index (χ0) is 15.9. The number of nitrogens with zero attached hydrogens (tertiary/aromatic N) is 5. The molecule has 0 spiro atoms. The van der Waals surface area contributed by atoms with Gasteiger partial charge in [-0.2, -0.15) is 5.10 Å². The molecule has 0 saturated carbocycles. The largest absolute Gasteiger partial charge is 0.349 e. The van der Waals surface area contributed by atoms with Gasteiger partial charge in [0.1, 0.15) is 0 Å². The molecule has 2 aromatic heterocycles. The zero-order valence-corrected chi connectivity index (χ0v) is 12.6. The molecule has 1 aliphatic heterocycles. The number of carbonyl (C=O) groups excluding carboxylic acids is 1. The van der Waals surface area contributed by atoms with E-state index >= 15 is 0 Å². The Morgan fingerprint density at radius 1 is 1.27 bits per heavy atom. The Morgan fingerprint density at radius 2 is 1.95 bits per heavy atom. The number of amides is 1. The molecule has 3 heterocycles. The Balaban J connectivity index is 1.90. The van der Waals surface area contributed by atoms with Crippen LogP contribution in [0, 0.1) is 12.7 Å². The Morgan fingerprint density at radius 3 is 2.55 bits per heavy atom. The first-order chi connectivity index (χ1) is 10.5. The minimum absolute atomic E-state index is 0.0351. The molecule has 1 N–H and O–H groups in total. The van der Waals surface area contributed by atoms with E-state index in [1.165, 1.54) is 0 Å². The number of hydrogen-bond donors (Lipinski definition) is 1. The van der Waals surface area contributed by atoms with E-state index in [0.29, 0.717) is 12.4 Å². The molecule has 0 unspecified atom stereocenters. The second-order valence-corrected chi connectivity index (χ2v) is 5.44. The molecule has 0 radical (unpaired) electrons. The van der Waals surface area contributed by atoms with Crippen LogP contribution in [0.15, 0.2) is 18.6 Å². The van der Waals surface area contributed by atoms with E-state index in [-0.39, 0.29) is 18.0 Å². The quantitative estimate of drug-likeness (QED) is 0.917. The van der Waals surface area contributed by atoms with Crippen LogP contribution in [0.5, 0.6) is 0 Å². The first-order valence-electron chi connectivity index (χ1n) is 6.95. The van der Waals surface area contributed by atoms with Crippen molar-refractivity contribution >= 4 is 11.9 Å². The van der Waals surface area contributed by atoms with Gasteiger partial charge in [0.2, 0.25) is 11.9 Å². The zero-order valence-electron chi connectivity index (χ0n) is 12.6. The molecule has 1 fully saturated rings. The number of anilines is 1. The summed E-state index contributed by atoms with van der Waals surface area (Å²) in [5.74, 6) is -0.154. The lowest BCUT2D eigenvalue weighted by molar-refractivity contribution is -0.127. The third-order valence-electron chi connectivity index (χ3n) is 4.11. The van der Waals surface area contributed by atoms with Gasteiger partial charge in [0, 0.05) is 31.8 Å². The van der Waals surface area contributed by atoms with E-state index in [2.05, 4.69) is 20.4 Å². The van der Waals surface area contributed by atoms with Gasteiger partial charge < -0.3 is 10.2 Å². The van der Waals surface area contributed by atoms with Crippen LogP contribution >= 0.6 is 0 Å². The van der Waals surface area contributed by atoms with Gasteiger partial charge in [-0.25, -0.2) is 14.4 Å². The molecule has 2 atom stereocenters. The Labute approximate surface area is 127 Å². The Bertz CT molecular complexity index is 698. The molecular weight excluding hydrogens is 287 g/mol. The smallest absolute Gasteiger partial charge is 0.225 e. The number of nitrogens with one attached hydrogen (secondary N) is 1. The minimum Gasteiger partial charge on any atom is -0.349 e. The third-order valence-corrected chi connectivity index (χ3v) is 4.11. The van der Waals surface area contributed by atoms with Gasteiger partial charge in [-0.15, -0.1) is 0 Å². The van der Waals surface area contributed by atoms with Crippen molar-refractivity contribution in [3.63, 3.8) is 0 Å². The first-order valence-corrected chi connectivity index (χ1v) is 6.95. The van der Waals surface area contributed by atoms with Crippen LogP contribution in [0.25, 0.3) is 0 Å². The number of hydrogen-bond acceptors (Lipinski definition) is 5. The maximum atomic E-state index is 12.9. The highest BCUT2D eigenvalue weighted by Crippen LogP contribution is 2.34. The summed E-state index contributed by atoms with van der Waals surface area (Å²) in [5.41, 5.74) is 1.98. The monoisotopic (exact) mass is 304 g/mol. The van der Waals surface area contributed by atoms with E-state index in [1.807, 2.05) is 14.0 Å². The fourth-order valence-electron chi connectivity index (χ4n) is 2.78. The summed E-state index contributed by atoms with van der Waals surface area (Å²) in [6.07, 6.45) is 4.30. The molecule has 116 valence electrons. The number of likely N-dealkylation sites (tertiary alicyclic amines) is 1. The van der Waals surface area contributed by atoms with Crippen LogP contribution in [0.2, 0.25) is 0 Å². The average molecular weight is 304 g/mol. The fourth-order valence-corrected chi connectivity index (χ4v) is 2.78. The number of aromatic nitrogens is 4. The third kappa shape index (κ3) is 2.40. The lowest BCUT2D eigenvalue weighted by Gasteiger charge is -2.25. The second kappa shape index (κ2) is 5.36. The van der Waals surface area contributed by atoms with Crippen LogP contribution in [0.4, 0.5) is 10.3 Å². The van der Waals surface area contributed by atoms with E-state index in [9.17, 15) is 9.18 Å². The molecule has 2 aromatic rings. The summed E-state index contributed by atoms with van der Waals surface area (Å²) < 4.78 is 14.7. The van der Waals surface area contributed by atoms with E-state index in [4.69, 9.17) is 0 Å². The van der Waals surface area contributed by atoms with Gasteiger partial charge in [0.25, 0.3) is 0 Å². The van der Waals surface area contributed by atoms with Gasteiger partial charge in [0.15, 0.2) is 5.82 Å². The highest BCUT2D eigenvalue weighted by Gasteiger charge is 2.40. The summed E-state index contributed by atoms with van der Waals surface area (Å²) in [6, 6.07) is -0.347. The van der Waals surface area contributed by atoms with Gasteiger partial charge in [-0.1, -0.05) is 0 Å². The highest BCUT2D eigenvalue weighted by atomic mass is 19.1. The van der Waals surface area contributed by atoms with Gasteiger partial charge >= 0.3 is 0 Å². The Hall–Kier alpha value is -2.51. The van der Waals surface area contributed by atoms with E-state index in [0.717, 1.165) is 23.7 Å². The molecule has 0 aliphatic carbocycles. The van der Waals surface area contributed by atoms with Crippen LogP contribution in [0.1, 0.15) is 23.7 Å². The normalized spacial score (nSPS) is 21.5. The Kier molecular flexibility index (Phi) is 3.51. The predicted molar refractivity (Wildman–Crippen MR) is 77.5 cm³/mol. The van der Waals surface area contributed by atoms with E-state index in [1.54, 1.807) is 22.8 Å². The summed E-state index contributed by atoms with van der Waals surface area (Å²) in [4.78, 5) is 21.6. The minimum atomic E-state index is -0.496. The number of rotatable bonds is 3. The maximum absolute atomic E-state index is 12.9. The summed E-state index contributed by atoms with van der Waals surface area (Å²) >= 11 is 0. The summed E-state index contributed by atoms with van der Waals surface area (Å²) in [5, 5.41) is 7.37. The molecule has 22 heavy (non-hydrogen) atoms. The number of likely N-dealkylation sites (N-methyl/N-ethyl adjacent to an activating group) is 1. The van der Waals surface area contributed by atoms with Crippen molar-refractivity contribution in [2.45, 2.75) is 25.4 Å². The van der Waals surface area contributed by atoms with Crippen LogP contribution in [-0.2, 0) is 11.8 Å². The fraction of sp³-hybridized carbons (Fsp3) is 0.429. The molecule has 0 aromatic carbocycles.